The summed E-state index contributed by atoms with van der Waals surface area (Å²) in [6, 6.07) is 5.93. The van der Waals surface area contributed by atoms with Gasteiger partial charge in [0, 0.05) is 14.7 Å². The van der Waals surface area contributed by atoms with Gasteiger partial charge in [-0.15, -0.1) is 0 Å². The summed E-state index contributed by atoms with van der Waals surface area (Å²) < 4.78 is 66.3. The van der Waals surface area contributed by atoms with Crippen molar-refractivity contribution in [3.63, 3.8) is 0 Å². The first kappa shape index (κ1) is 29.2. The molecule has 0 spiro atoms. The van der Waals surface area contributed by atoms with Gasteiger partial charge >= 0.3 is 6.18 Å². The highest BCUT2D eigenvalue weighted by atomic mass is 28.3. The second-order valence-corrected chi connectivity index (χ2v) is 14.5. The minimum absolute atomic E-state index is 0.107. The van der Waals surface area contributed by atoms with Gasteiger partial charge in [0.2, 0.25) is 0 Å². The van der Waals surface area contributed by atoms with E-state index in [2.05, 4.69) is 18.8 Å². The molecule has 0 aromatic heterocycles. The van der Waals surface area contributed by atoms with Crippen LogP contribution in [0.2, 0.25) is 18.1 Å². The third kappa shape index (κ3) is 8.87. The van der Waals surface area contributed by atoms with Gasteiger partial charge in [0.1, 0.15) is 23.3 Å². The maximum absolute atomic E-state index is 13.9. The Morgan fingerprint density at radius 2 is 1.56 bits per heavy atom. The Balaban J connectivity index is 1.39. The Labute approximate surface area is 214 Å². The van der Waals surface area contributed by atoms with E-state index in [-0.39, 0.29) is 17.4 Å². The molecule has 1 aromatic carbocycles. The Kier molecular flexibility index (Phi) is 11.3. The first-order valence-electron chi connectivity index (χ1n) is 13.9. The zero-order valence-electron chi connectivity index (χ0n) is 21.5. The summed E-state index contributed by atoms with van der Waals surface area (Å²) in [5.74, 6) is 3.63. The van der Waals surface area contributed by atoms with Crippen LogP contribution in [0.15, 0.2) is 12.1 Å². The van der Waals surface area contributed by atoms with Crippen LogP contribution in [0.1, 0.15) is 101 Å². The lowest BCUT2D eigenvalue weighted by atomic mass is 9.78. The van der Waals surface area contributed by atoms with Gasteiger partial charge in [-0.05, 0) is 61.6 Å². The molecule has 1 aliphatic heterocycles. The fraction of sp³-hybridized carbons (Fsp3) is 0.724. The van der Waals surface area contributed by atoms with Crippen molar-refractivity contribution in [3.8, 4) is 11.8 Å². The number of rotatable bonds is 9. The highest BCUT2D eigenvalue weighted by molar-refractivity contribution is 6.58. The van der Waals surface area contributed by atoms with Crippen LogP contribution < -0.4 is 0 Å². The van der Waals surface area contributed by atoms with E-state index in [0.29, 0.717) is 31.6 Å². The summed E-state index contributed by atoms with van der Waals surface area (Å²) >= 11 is 0. The first-order valence-corrected chi connectivity index (χ1v) is 16.4. The largest absolute Gasteiger partial charge is 0.422 e. The summed E-state index contributed by atoms with van der Waals surface area (Å²) in [6.45, 7) is 2.25. The molecule has 7 heteroatoms. The first-order chi connectivity index (χ1) is 17.2. The van der Waals surface area contributed by atoms with Crippen molar-refractivity contribution in [2.45, 2.75) is 120 Å². The number of hydrogen-bond acceptors (Lipinski definition) is 1. The monoisotopic (exact) mass is 528 g/mol. The van der Waals surface area contributed by atoms with Crippen molar-refractivity contribution < 1.29 is 27.1 Å². The third-order valence-corrected chi connectivity index (χ3v) is 11.8. The second kappa shape index (κ2) is 14.0. The summed E-state index contributed by atoms with van der Waals surface area (Å²) in [5, 5.41) is 10.5. The third-order valence-electron chi connectivity index (χ3n) is 8.24. The molecule has 1 atom stereocenters. The number of aliphatic hydroxyl groups excluding tert-OH is 1. The van der Waals surface area contributed by atoms with E-state index in [1.54, 1.807) is 0 Å². The predicted molar refractivity (Wildman–Crippen MR) is 138 cm³/mol. The molecule has 1 nitrogen and oxygen atoms in total. The van der Waals surface area contributed by atoms with E-state index in [4.69, 9.17) is 0 Å². The molecule has 0 radical (unpaired) electrons. The highest BCUT2D eigenvalue weighted by Gasteiger charge is 2.38. The zero-order chi connectivity index (χ0) is 26.1. The molecule has 1 saturated heterocycles. The fourth-order valence-corrected chi connectivity index (χ4v) is 9.67. The highest BCUT2D eigenvalue weighted by Crippen LogP contribution is 2.39. The smallest absolute Gasteiger partial charge is 0.380 e. The molecule has 1 heterocycles. The average molecular weight is 529 g/mol. The Hall–Kier alpha value is -1.39. The summed E-state index contributed by atoms with van der Waals surface area (Å²) in [4.78, 5) is 0. The molecular weight excluding hydrogens is 487 g/mol. The number of benzene rings is 1. The molecule has 1 N–H and O–H groups in total. The summed E-state index contributed by atoms with van der Waals surface area (Å²) in [6.07, 6.45) is 7.01. The van der Waals surface area contributed by atoms with Crippen LogP contribution in [0.3, 0.4) is 0 Å². The van der Waals surface area contributed by atoms with Gasteiger partial charge in [-0.1, -0.05) is 81.8 Å². The van der Waals surface area contributed by atoms with Gasteiger partial charge in [0.05, 0.1) is 0 Å². The Morgan fingerprint density at radius 1 is 0.944 bits per heavy atom. The Bertz CT molecular complexity index is 851. The molecule has 202 valence electrons. The van der Waals surface area contributed by atoms with Crippen molar-refractivity contribution >= 4 is 8.80 Å². The minimum atomic E-state index is -5.05. The molecule has 36 heavy (non-hydrogen) atoms. The summed E-state index contributed by atoms with van der Waals surface area (Å²) in [7, 11) is -0.571. The molecule has 1 unspecified atom stereocenters. The van der Waals surface area contributed by atoms with Crippen molar-refractivity contribution in [2.75, 3.05) is 0 Å². The van der Waals surface area contributed by atoms with Gasteiger partial charge in [0.15, 0.2) is 0 Å². The van der Waals surface area contributed by atoms with Gasteiger partial charge < -0.3 is 5.11 Å². The van der Waals surface area contributed by atoms with Crippen LogP contribution in [0.25, 0.3) is 0 Å². The van der Waals surface area contributed by atoms with Crippen molar-refractivity contribution in [1.82, 2.24) is 0 Å². The van der Waals surface area contributed by atoms with Crippen molar-refractivity contribution in [1.29, 1.82) is 0 Å². The molecule has 2 aliphatic rings. The summed E-state index contributed by atoms with van der Waals surface area (Å²) in [5.41, 5.74) is -1.54. The molecule has 1 aliphatic carbocycles. The molecular formula is C29H41F5OSi. The second-order valence-electron chi connectivity index (χ2n) is 11.0. The lowest BCUT2D eigenvalue weighted by molar-refractivity contribution is -0.142. The topological polar surface area (TPSA) is 20.2 Å². The normalized spacial score (nSPS) is 25.8. The van der Waals surface area contributed by atoms with E-state index in [9.17, 15) is 27.1 Å². The van der Waals surface area contributed by atoms with E-state index in [1.807, 2.05) is 0 Å². The van der Waals surface area contributed by atoms with Crippen LogP contribution in [-0.2, 0) is 6.18 Å². The maximum atomic E-state index is 13.9. The van der Waals surface area contributed by atoms with Gasteiger partial charge in [-0.2, -0.15) is 13.2 Å². The van der Waals surface area contributed by atoms with Crippen LogP contribution in [-0.4, -0.2) is 20.0 Å². The number of aliphatic hydroxyl groups is 1. The van der Waals surface area contributed by atoms with Gasteiger partial charge in [-0.25, -0.2) is 8.78 Å². The number of alkyl halides is 3. The molecule has 1 saturated carbocycles. The van der Waals surface area contributed by atoms with E-state index in [1.165, 1.54) is 63.1 Å². The quantitative estimate of drug-likeness (QED) is 0.147. The van der Waals surface area contributed by atoms with Crippen LogP contribution in [0, 0.1) is 35.3 Å². The average Bonchev–Trinajstić information content (AvgIpc) is 2.82. The minimum Gasteiger partial charge on any atom is -0.380 e. The SMILES string of the molecule is CCCCCCC[Si@H]1CC[C@H](CC(O)C#C[C@H]2CC[C@H](c3cc(F)c(C(F)(F)F)c(F)c3)CC2)CC1. The van der Waals surface area contributed by atoms with E-state index < -0.39 is 38.3 Å². The van der Waals surface area contributed by atoms with Crippen molar-refractivity contribution in [3.05, 3.63) is 34.9 Å². The molecule has 0 bridgehead atoms. The molecule has 3 rings (SSSR count). The molecule has 1 aromatic rings. The van der Waals surface area contributed by atoms with Crippen LogP contribution >= 0.6 is 0 Å². The van der Waals surface area contributed by atoms with Crippen molar-refractivity contribution in [2.24, 2.45) is 11.8 Å². The van der Waals surface area contributed by atoms with Crippen LogP contribution in [0.5, 0.6) is 0 Å². The van der Waals surface area contributed by atoms with E-state index in [0.717, 1.165) is 18.6 Å². The van der Waals surface area contributed by atoms with Gasteiger partial charge in [-0.3, -0.25) is 0 Å². The fourth-order valence-electron chi connectivity index (χ4n) is 6.05. The molecule has 0 amide bonds. The van der Waals surface area contributed by atoms with E-state index >= 15 is 0 Å². The number of unbranched alkanes of at least 4 members (excludes halogenated alkanes) is 4. The predicted octanol–water partition coefficient (Wildman–Crippen LogP) is 8.62. The van der Waals surface area contributed by atoms with Gasteiger partial charge in [0.25, 0.3) is 0 Å². The standard InChI is InChI=1S/C29H41F5OSi/c1-2-3-4-5-6-15-36-16-13-22(14-17-36)18-25(35)12-9-21-7-10-23(11-8-21)24-19-26(30)28(27(31)20-24)29(32,33)34/h19-23,25,35-36H,2-8,10-11,13-18H2,1H3/t21-,22-,23-,25?,36-. The lowest BCUT2D eigenvalue weighted by Gasteiger charge is -2.28. The number of halogens is 5. The Morgan fingerprint density at radius 3 is 2.14 bits per heavy atom. The van der Waals surface area contributed by atoms with Crippen LogP contribution in [0.4, 0.5) is 22.0 Å². The zero-order valence-corrected chi connectivity index (χ0v) is 22.6. The molecule has 2 fully saturated rings. The number of hydrogen-bond donors (Lipinski definition) is 1. The lowest BCUT2D eigenvalue weighted by Crippen LogP contribution is -2.23. The maximum Gasteiger partial charge on any atom is 0.422 e.